The normalized spacial score (nSPS) is 12.2. The summed E-state index contributed by atoms with van der Waals surface area (Å²) in [5, 5.41) is 3.18. The van der Waals surface area contributed by atoms with Crippen LogP contribution in [0.4, 0.5) is 4.39 Å². The molecule has 19 heavy (non-hydrogen) atoms. The van der Waals surface area contributed by atoms with Crippen LogP contribution >= 0.6 is 15.9 Å². The lowest BCUT2D eigenvalue weighted by Crippen LogP contribution is -2.12. The first kappa shape index (κ1) is 14.0. The van der Waals surface area contributed by atoms with E-state index in [0.717, 1.165) is 4.47 Å². The van der Waals surface area contributed by atoms with Gasteiger partial charge in [-0.2, -0.15) is 0 Å². The third kappa shape index (κ3) is 3.55. The smallest absolute Gasteiger partial charge is 0.141 e. The predicted octanol–water partition coefficient (Wildman–Crippen LogP) is 4.66. The first-order valence-electron chi connectivity index (χ1n) is 6.00. The van der Waals surface area contributed by atoms with Crippen LogP contribution in [0.2, 0.25) is 0 Å². The van der Waals surface area contributed by atoms with Gasteiger partial charge in [-0.15, -0.1) is 0 Å². The minimum atomic E-state index is -0.274. The molecule has 0 fully saturated rings. The van der Waals surface area contributed by atoms with Crippen LogP contribution in [0.1, 0.15) is 18.5 Å². The Morgan fingerprint density at radius 1 is 1.16 bits per heavy atom. The quantitative estimate of drug-likeness (QED) is 0.883. The fourth-order valence-electron chi connectivity index (χ4n) is 1.67. The van der Waals surface area contributed by atoms with E-state index < -0.39 is 0 Å². The maximum Gasteiger partial charge on any atom is 0.141 e. The van der Waals surface area contributed by atoms with Gasteiger partial charge in [0, 0.05) is 6.04 Å². The second kappa shape index (κ2) is 6.17. The Labute approximate surface area is 120 Å². The Kier molecular flexibility index (Phi) is 4.56. The highest BCUT2D eigenvalue weighted by molar-refractivity contribution is 9.10. The van der Waals surface area contributed by atoms with Crippen LogP contribution in [0.25, 0.3) is 0 Å². The Morgan fingerprint density at radius 2 is 1.84 bits per heavy atom. The van der Waals surface area contributed by atoms with Gasteiger partial charge in [0.15, 0.2) is 0 Å². The zero-order valence-corrected chi connectivity index (χ0v) is 12.4. The highest BCUT2D eigenvalue weighted by Crippen LogP contribution is 2.31. The lowest BCUT2D eigenvalue weighted by molar-refractivity contribution is 0.477. The predicted molar refractivity (Wildman–Crippen MR) is 78.1 cm³/mol. The summed E-state index contributed by atoms with van der Waals surface area (Å²) in [6, 6.07) is 12.1. The molecule has 2 rings (SSSR count). The SMILES string of the molecule is CNC(C)c1ccc(Oc2ccc(F)cc2)c(Br)c1. The molecule has 4 heteroatoms. The highest BCUT2D eigenvalue weighted by atomic mass is 79.9. The highest BCUT2D eigenvalue weighted by Gasteiger charge is 2.08. The molecule has 1 unspecified atom stereocenters. The van der Waals surface area contributed by atoms with Crippen LogP contribution in [0.5, 0.6) is 11.5 Å². The molecule has 2 aromatic rings. The molecule has 0 heterocycles. The molecule has 0 amide bonds. The molecule has 0 spiro atoms. The Hall–Kier alpha value is -1.39. The van der Waals surface area contributed by atoms with E-state index in [1.54, 1.807) is 12.1 Å². The van der Waals surface area contributed by atoms with Crippen molar-refractivity contribution >= 4 is 15.9 Å². The Bertz CT molecular complexity index is 557. The fraction of sp³-hybridized carbons (Fsp3) is 0.200. The van der Waals surface area contributed by atoms with Gasteiger partial charge in [0.2, 0.25) is 0 Å². The van der Waals surface area contributed by atoms with Crippen LogP contribution < -0.4 is 10.1 Å². The summed E-state index contributed by atoms with van der Waals surface area (Å²) < 4.78 is 19.4. The van der Waals surface area contributed by atoms with Crippen molar-refractivity contribution in [2.75, 3.05) is 7.05 Å². The second-order valence-corrected chi connectivity index (χ2v) is 5.11. The number of hydrogen-bond acceptors (Lipinski definition) is 2. The van der Waals surface area contributed by atoms with E-state index in [1.165, 1.54) is 17.7 Å². The summed E-state index contributed by atoms with van der Waals surface area (Å²) in [6.07, 6.45) is 0. The summed E-state index contributed by atoms with van der Waals surface area (Å²) >= 11 is 3.49. The average Bonchev–Trinajstić information content (AvgIpc) is 2.42. The zero-order valence-electron chi connectivity index (χ0n) is 10.8. The zero-order chi connectivity index (χ0) is 13.8. The van der Waals surface area contributed by atoms with E-state index >= 15 is 0 Å². The van der Waals surface area contributed by atoms with E-state index in [2.05, 4.69) is 28.2 Å². The molecule has 2 nitrogen and oxygen atoms in total. The van der Waals surface area contributed by atoms with Crippen LogP contribution in [0, 0.1) is 5.82 Å². The summed E-state index contributed by atoms with van der Waals surface area (Å²) in [4.78, 5) is 0. The van der Waals surface area contributed by atoms with Crippen molar-refractivity contribution in [3.8, 4) is 11.5 Å². The fourth-order valence-corrected chi connectivity index (χ4v) is 2.14. The van der Waals surface area contributed by atoms with Crippen LogP contribution in [-0.2, 0) is 0 Å². The minimum absolute atomic E-state index is 0.274. The topological polar surface area (TPSA) is 21.3 Å². The van der Waals surface area contributed by atoms with Crippen molar-refractivity contribution in [3.63, 3.8) is 0 Å². The first-order valence-corrected chi connectivity index (χ1v) is 6.79. The summed E-state index contributed by atoms with van der Waals surface area (Å²) in [5.41, 5.74) is 1.17. The van der Waals surface area contributed by atoms with Gasteiger partial charge in [-0.05, 0) is 71.9 Å². The van der Waals surface area contributed by atoms with Gasteiger partial charge in [0.05, 0.1) is 4.47 Å². The van der Waals surface area contributed by atoms with Crippen LogP contribution in [0.15, 0.2) is 46.9 Å². The van der Waals surface area contributed by atoms with Gasteiger partial charge in [0.25, 0.3) is 0 Å². The molecule has 0 aliphatic heterocycles. The first-order chi connectivity index (χ1) is 9.10. The number of halogens is 2. The Balaban J connectivity index is 2.19. The van der Waals surface area contributed by atoms with Crippen molar-refractivity contribution < 1.29 is 9.13 Å². The van der Waals surface area contributed by atoms with Gasteiger partial charge in [0.1, 0.15) is 17.3 Å². The van der Waals surface area contributed by atoms with E-state index in [0.29, 0.717) is 11.5 Å². The van der Waals surface area contributed by atoms with Gasteiger partial charge in [-0.3, -0.25) is 0 Å². The van der Waals surface area contributed by atoms with Crippen molar-refractivity contribution in [3.05, 3.63) is 58.3 Å². The summed E-state index contributed by atoms with van der Waals surface area (Å²) in [7, 11) is 1.92. The van der Waals surface area contributed by atoms with Crippen LogP contribution in [0.3, 0.4) is 0 Å². The van der Waals surface area contributed by atoms with E-state index in [9.17, 15) is 4.39 Å². The number of rotatable bonds is 4. The van der Waals surface area contributed by atoms with Gasteiger partial charge >= 0.3 is 0 Å². The maximum atomic E-state index is 12.8. The third-order valence-electron chi connectivity index (χ3n) is 2.93. The van der Waals surface area contributed by atoms with E-state index in [1.807, 2.05) is 25.2 Å². The maximum absolute atomic E-state index is 12.8. The summed E-state index contributed by atoms with van der Waals surface area (Å²) in [6.45, 7) is 2.09. The number of ether oxygens (including phenoxy) is 1. The molecule has 1 atom stereocenters. The van der Waals surface area contributed by atoms with Crippen LogP contribution in [-0.4, -0.2) is 7.05 Å². The lowest BCUT2D eigenvalue weighted by atomic mass is 10.1. The van der Waals surface area contributed by atoms with Crippen molar-refractivity contribution in [1.82, 2.24) is 5.32 Å². The molecular formula is C15H15BrFNO. The summed E-state index contributed by atoms with van der Waals surface area (Å²) in [5.74, 6) is 1.04. The van der Waals surface area contributed by atoms with Crippen molar-refractivity contribution in [1.29, 1.82) is 0 Å². The number of hydrogen-bond donors (Lipinski definition) is 1. The molecule has 0 aliphatic carbocycles. The van der Waals surface area contributed by atoms with Gasteiger partial charge in [-0.1, -0.05) is 6.07 Å². The van der Waals surface area contributed by atoms with E-state index in [4.69, 9.17) is 4.74 Å². The standard InChI is InChI=1S/C15H15BrFNO/c1-10(18-2)11-3-8-15(14(16)9-11)19-13-6-4-12(17)5-7-13/h3-10,18H,1-2H3. The average molecular weight is 324 g/mol. The van der Waals surface area contributed by atoms with Gasteiger partial charge in [-0.25, -0.2) is 4.39 Å². The van der Waals surface area contributed by atoms with Crippen molar-refractivity contribution in [2.45, 2.75) is 13.0 Å². The molecule has 0 radical (unpaired) electrons. The third-order valence-corrected chi connectivity index (χ3v) is 3.55. The molecule has 1 N–H and O–H groups in total. The number of benzene rings is 2. The molecule has 100 valence electrons. The molecule has 0 aromatic heterocycles. The Morgan fingerprint density at radius 3 is 2.42 bits per heavy atom. The minimum Gasteiger partial charge on any atom is -0.456 e. The second-order valence-electron chi connectivity index (χ2n) is 4.26. The lowest BCUT2D eigenvalue weighted by Gasteiger charge is -2.13. The molecule has 0 bridgehead atoms. The number of nitrogens with one attached hydrogen (secondary N) is 1. The molecule has 0 saturated heterocycles. The molecule has 0 aliphatic rings. The molecular weight excluding hydrogens is 309 g/mol. The monoisotopic (exact) mass is 323 g/mol. The van der Waals surface area contributed by atoms with Gasteiger partial charge < -0.3 is 10.1 Å². The van der Waals surface area contributed by atoms with E-state index in [-0.39, 0.29) is 11.9 Å². The van der Waals surface area contributed by atoms with Crippen molar-refractivity contribution in [2.24, 2.45) is 0 Å². The largest absolute Gasteiger partial charge is 0.456 e. The molecule has 0 saturated carbocycles. The molecule has 2 aromatic carbocycles.